The summed E-state index contributed by atoms with van der Waals surface area (Å²) in [6.07, 6.45) is -3.38. The third-order valence-electron chi connectivity index (χ3n) is 1.70. The molecule has 0 saturated heterocycles. The molecule has 0 aliphatic rings. The molecule has 1 amide bonds. The Morgan fingerprint density at radius 2 is 1.76 bits per heavy atom. The highest BCUT2D eigenvalue weighted by Gasteiger charge is 2.52. The second-order valence-corrected chi connectivity index (χ2v) is 3.23. The smallest absolute Gasteiger partial charge is 0.350 e. The fourth-order valence-electron chi connectivity index (χ4n) is 0.810. The quantitative estimate of drug-likeness (QED) is 0.420. The summed E-state index contributed by atoms with van der Waals surface area (Å²) in [5, 5.41) is 1.69. The number of hydrogen-bond donors (Lipinski definition) is 2. The summed E-state index contributed by atoms with van der Waals surface area (Å²) in [5.41, 5.74) is 0. The molecule has 0 rings (SSSR count). The van der Waals surface area contributed by atoms with Crippen LogP contribution in [0, 0.1) is 0 Å². The summed E-state index contributed by atoms with van der Waals surface area (Å²) >= 11 is 0. The van der Waals surface area contributed by atoms with Gasteiger partial charge in [0.15, 0.2) is 0 Å². The SMILES string of the molecule is CCCCNC(=O)C(F)(F)NC(F)(F)C(F)F. The van der Waals surface area contributed by atoms with Crippen LogP contribution in [0.25, 0.3) is 0 Å². The van der Waals surface area contributed by atoms with Crippen molar-refractivity contribution in [3.8, 4) is 0 Å². The second kappa shape index (κ2) is 6.08. The molecule has 0 radical (unpaired) electrons. The van der Waals surface area contributed by atoms with E-state index in [1.807, 2.05) is 0 Å². The average molecular weight is 266 g/mol. The molecule has 0 aromatic rings. The predicted octanol–water partition coefficient (Wildman–Crippen LogP) is 1.94. The topological polar surface area (TPSA) is 41.1 Å². The molecule has 0 spiro atoms. The van der Waals surface area contributed by atoms with Crippen LogP contribution >= 0.6 is 0 Å². The van der Waals surface area contributed by atoms with E-state index in [2.05, 4.69) is 0 Å². The van der Waals surface area contributed by atoms with E-state index in [1.54, 1.807) is 12.2 Å². The lowest BCUT2D eigenvalue weighted by Gasteiger charge is -2.23. The number of amides is 1. The Labute approximate surface area is 93.5 Å². The molecule has 2 N–H and O–H groups in total. The lowest BCUT2D eigenvalue weighted by atomic mass is 10.3. The minimum Gasteiger partial charge on any atom is -0.350 e. The van der Waals surface area contributed by atoms with E-state index < -0.39 is 24.4 Å². The zero-order valence-electron chi connectivity index (χ0n) is 8.87. The van der Waals surface area contributed by atoms with Crippen LogP contribution in [0.3, 0.4) is 0 Å². The maximum Gasteiger partial charge on any atom is 0.385 e. The third-order valence-corrected chi connectivity index (χ3v) is 1.70. The van der Waals surface area contributed by atoms with Gasteiger partial charge in [-0.1, -0.05) is 13.3 Å². The minimum atomic E-state index is -5.13. The molecule has 0 aliphatic carbocycles. The fourth-order valence-corrected chi connectivity index (χ4v) is 0.810. The Hall–Kier alpha value is -0.990. The minimum absolute atomic E-state index is 0.0300. The zero-order valence-corrected chi connectivity index (χ0v) is 8.87. The monoisotopic (exact) mass is 266 g/mol. The summed E-state index contributed by atoms with van der Waals surface area (Å²) in [5.74, 6) is -2.06. The molecule has 0 aromatic heterocycles. The standard InChI is InChI=1S/C8H12F6N2O/c1-2-3-4-15-6(17)8(13,14)16-7(11,12)5(9)10/h5,16H,2-4H2,1H3,(H,15,17). The van der Waals surface area contributed by atoms with Crippen LogP contribution < -0.4 is 10.6 Å². The van der Waals surface area contributed by atoms with Gasteiger partial charge in [-0.25, -0.2) is 8.78 Å². The highest BCUT2D eigenvalue weighted by molar-refractivity contribution is 5.82. The van der Waals surface area contributed by atoms with E-state index in [1.165, 1.54) is 0 Å². The molecule has 0 aromatic carbocycles. The number of carbonyl (C=O) groups excluding carboxylic acids is 1. The van der Waals surface area contributed by atoms with Crippen LogP contribution in [-0.4, -0.2) is 31.0 Å². The number of nitrogens with one attached hydrogen (secondary N) is 2. The van der Waals surface area contributed by atoms with Crippen molar-refractivity contribution in [2.24, 2.45) is 0 Å². The summed E-state index contributed by atoms with van der Waals surface area (Å²) < 4.78 is 73.3. The van der Waals surface area contributed by atoms with Gasteiger partial charge in [0.1, 0.15) is 0 Å². The molecule has 3 nitrogen and oxygen atoms in total. The Morgan fingerprint density at radius 1 is 1.24 bits per heavy atom. The molecule has 0 bridgehead atoms. The Kier molecular flexibility index (Phi) is 5.73. The number of hydrogen-bond acceptors (Lipinski definition) is 2. The van der Waals surface area contributed by atoms with Gasteiger partial charge in [0, 0.05) is 6.54 Å². The molecular weight excluding hydrogens is 254 g/mol. The van der Waals surface area contributed by atoms with Crippen LogP contribution in [0.2, 0.25) is 0 Å². The van der Waals surface area contributed by atoms with Gasteiger partial charge in [-0.2, -0.15) is 22.9 Å². The lowest BCUT2D eigenvalue weighted by Crippen LogP contribution is -2.59. The number of alkyl halides is 6. The van der Waals surface area contributed by atoms with E-state index in [0.717, 1.165) is 0 Å². The van der Waals surface area contributed by atoms with Gasteiger partial charge in [0.2, 0.25) is 0 Å². The van der Waals surface area contributed by atoms with Gasteiger partial charge in [-0.05, 0) is 6.42 Å². The van der Waals surface area contributed by atoms with Gasteiger partial charge in [-0.3, -0.25) is 4.79 Å². The van der Waals surface area contributed by atoms with E-state index in [0.29, 0.717) is 12.8 Å². The van der Waals surface area contributed by atoms with Crippen molar-refractivity contribution >= 4 is 5.91 Å². The van der Waals surface area contributed by atoms with Crippen molar-refractivity contribution in [1.82, 2.24) is 10.6 Å². The van der Waals surface area contributed by atoms with Crippen molar-refractivity contribution in [2.45, 2.75) is 38.3 Å². The maximum atomic E-state index is 12.8. The second-order valence-electron chi connectivity index (χ2n) is 3.23. The van der Waals surface area contributed by atoms with Crippen LogP contribution in [0.1, 0.15) is 19.8 Å². The molecule has 9 heteroatoms. The third kappa shape index (κ3) is 5.24. The van der Waals surface area contributed by atoms with E-state index in [4.69, 9.17) is 0 Å². The molecule has 0 atom stereocenters. The fraction of sp³-hybridized carbons (Fsp3) is 0.875. The first-order valence-electron chi connectivity index (χ1n) is 4.75. The molecule has 0 unspecified atom stereocenters. The molecule has 0 aliphatic heterocycles. The van der Waals surface area contributed by atoms with Crippen LogP contribution in [-0.2, 0) is 4.79 Å². The maximum absolute atomic E-state index is 12.8. The predicted molar refractivity (Wildman–Crippen MR) is 47.0 cm³/mol. The number of carbonyl (C=O) groups is 1. The van der Waals surface area contributed by atoms with Crippen LogP contribution in [0.5, 0.6) is 0 Å². The van der Waals surface area contributed by atoms with Crippen molar-refractivity contribution in [2.75, 3.05) is 6.54 Å². The van der Waals surface area contributed by atoms with Crippen molar-refractivity contribution in [1.29, 1.82) is 0 Å². The zero-order chi connectivity index (χ0) is 13.7. The number of unbranched alkanes of at least 4 members (excludes halogenated alkanes) is 1. The Morgan fingerprint density at radius 3 is 2.18 bits per heavy atom. The first-order chi connectivity index (χ1) is 7.63. The summed E-state index contributed by atoms with van der Waals surface area (Å²) in [7, 11) is 0. The highest BCUT2D eigenvalue weighted by atomic mass is 19.3. The van der Waals surface area contributed by atoms with E-state index in [9.17, 15) is 31.1 Å². The highest BCUT2D eigenvalue weighted by Crippen LogP contribution is 2.24. The van der Waals surface area contributed by atoms with Crippen molar-refractivity contribution in [3.63, 3.8) is 0 Å². The first kappa shape index (κ1) is 16.0. The lowest BCUT2D eigenvalue weighted by molar-refractivity contribution is -0.210. The van der Waals surface area contributed by atoms with Crippen molar-refractivity contribution < 1.29 is 31.1 Å². The summed E-state index contributed by atoms with van der Waals surface area (Å²) in [6.45, 7) is 1.57. The molecule has 0 saturated carbocycles. The number of halogens is 6. The largest absolute Gasteiger partial charge is 0.385 e. The molecule has 102 valence electrons. The van der Waals surface area contributed by atoms with Crippen molar-refractivity contribution in [3.05, 3.63) is 0 Å². The first-order valence-corrected chi connectivity index (χ1v) is 4.75. The molecule has 17 heavy (non-hydrogen) atoms. The van der Waals surface area contributed by atoms with Gasteiger partial charge in [-0.15, -0.1) is 0 Å². The summed E-state index contributed by atoms with van der Waals surface area (Å²) in [4.78, 5) is 10.7. The number of rotatable bonds is 7. The van der Waals surface area contributed by atoms with Gasteiger partial charge < -0.3 is 5.32 Å². The van der Waals surface area contributed by atoms with Gasteiger partial charge in [0.25, 0.3) is 0 Å². The van der Waals surface area contributed by atoms with Gasteiger partial charge >= 0.3 is 24.4 Å². The van der Waals surface area contributed by atoms with E-state index >= 15 is 0 Å². The van der Waals surface area contributed by atoms with Gasteiger partial charge in [0.05, 0.1) is 0 Å². The molecule has 0 fully saturated rings. The Balaban J connectivity index is 4.41. The Bertz CT molecular complexity index is 258. The summed E-state index contributed by atoms with van der Waals surface area (Å²) in [6, 6.07) is -9.89. The molecular formula is C8H12F6N2O. The normalized spacial score (nSPS) is 12.9. The van der Waals surface area contributed by atoms with Crippen LogP contribution in [0.15, 0.2) is 0 Å². The van der Waals surface area contributed by atoms with Crippen LogP contribution in [0.4, 0.5) is 26.3 Å². The van der Waals surface area contributed by atoms with E-state index in [-0.39, 0.29) is 11.9 Å². The average Bonchev–Trinajstić information content (AvgIpc) is 2.16. The molecule has 0 heterocycles.